The monoisotopic (exact) mass is 291 g/mol. The number of anilines is 1. The van der Waals surface area contributed by atoms with E-state index in [1.165, 1.54) is 26.9 Å². The molecule has 2 amide bonds. The van der Waals surface area contributed by atoms with E-state index in [-0.39, 0.29) is 0 Å². The van der Waals surface area contributed by atoms with E-state index in [1.54, 1.807) is 18.2 Å². The third-order valence-electron chi connectivity index (χ3n) is 2.50. The van der Waals surface area contributed by atoms with Gasteiger partial charge < -0.3 is 14.8 Å². The van der Waals surface area contributed by atoms with Crippen LogP contribution in [0.2, 0.25) is 0 Å². The van der Waals surface area contributed by atoms with Crippen LogP contribution in [0, 0.1) is 0 Å². The minimum atomic E-state index is -0.857. The smallest absolute Gasteiger partial charge is 0.328 e. The number of rotatable bonds is 4. The van der Waals surface area contributed by atoms with Crippen LogP contribution < -0.4 is 20.2 Å². The van der Waals surface area contributed by atoms with Gasteiger partial charge in [0.05, 0.1) is 14.2 Å². The summed E-state index contributed by atoms with van der Waals surface area (Å²) in [5.41, 5.74) is 2.68. The van der Waals surface area contributed by atoms with Crippen LogP contribution in [0.25, 0.3) is 0 Å². The molecule has 2 rings (SSSR count). The van der Waals surface area contributed by atoms with Crippen molar-refractivity contribution in [2.24, 2.45) is 0 Å². The zero-order valence-electron chi connectivity index (χ0n) is 11.4. The topological polar surface area (TPSA) is 107 Å². The minimum Gasteiger partial charge on any atom is -0.493 e. The van der Waals surface area contributed by atoms with Crippen molar-refractivity contribution in [3.63, 3.8) is 0 Å². The van der Waals surface area contributed by atoms with Crippen molar-refractivity contribution in [2.45, 2.75) is 0 Å². The Morgan fingerprint density at radius 3 is 2.33 bits per heavy atom. The predicted octanol–water partition coefficient (Wildman–Crippen LogP) is 0.00410. The number of carbonyl (C=O) groups is 2. The second kappa shape index (κ2) is 6.37. The van der Waals surface area contributed by atoms with E-state index < -0.39 is 11.8 Å². The van der Waals surface area contributed by atoms with Gasteiger partial charge in [-0.05, 0) is 12.1 Å². The summed E-state index contributed by atoms with van der Waals surface area (Å²) < 4.78 is 11.3. The van der Waals surface area contributed by atoms with Crippen molar-refractivity contribution in [2.75, 3.05) is 25.0 Å². The predicted molar refractivity (Wildman–Crippen MR) is 72.6 cm³/mol. The molecule has 2 N–H and O–H groups in total. The normalized spacial score (nSPS) is 9.81. The average Bonchev–Trinajstić information content (AvgIpc) is 2.99. The van der Waals surface area contributed by atoms with Crippen molar-refractivity contribution in [3.05, 3.63) is 30.9 Å². The first-order valence-electron chi connectivity index (χ1n) is 5.83. The summed E-state index contributed by atoms with van der Waals surface area (Å²) in [6.07, 6.45) is 2.50. The summed E-state index contributed by atoms with van der Waals surface area (Å²) in [6, 6.07) is 4.75. The number of hydrogen-bond donors (Lipinski definition) is 2. The van der Waals surface area contributed by atoms with Crippen molar-refractivity contribution >= 4 is 17.5 Å². The van der Waals surface area contributed by atoms with Gasteiger partial charge in [0.1, 0.15) is 12.7 Å². The Labute approximate surface area is 119 Å². The summed E-state index contributed by atoms with van der Waals surface area (Å²) in [7, 11) is 2.98. The van der Waals surface area contributed by atoms with Crippen LogP contribution in [-0.4, -0.2) is 40.9 Å². The Bertz CT molecular complexity index is 641. The summed E-state index contributed by atoms with van der Waals surface area (Å²) in [6.45, 7) is 0. The van der Waals surface area contributed by atoms with Gasteiger partial charge in [0.25, 0.3) is 0 Å². The molecule has 0 fully saturated rings. The molecule has 0 radical (unpaired) electrons. The fourth-order valence-corrected chi connectivity index (χ4v) is 1.53. The number of ether oxygens (including phenoxy) is 2. The van der Waals surface area contributed by atoms with E-state index in [9.17, 15) is 9.59 Å². The van der Waals surface area contributed by atoms with Crippen molar-refractivity contribution < 1.29 is 19.1 Å². The Morgan fingerprint density at radius 2 is 1.71 bits per heavy atom. The van der Waals surface area contributed by atoms with E-state index in [1.807, 2.05) is 0 Å². The lowest BCUT2D eigenvalue weighted by Crippen LogP contribution is -2.33. The lowest BCUT2D eigenvalue weighted by molar-refractivity contribution is -0.133. The van der Waals surface area contributed by atoms with Crippen molar-refractivity contribution in [1.29, 1.82) is 0 Å². The van der Waals surface area contributed by atoms with Crippen LogP contribution in [0.5, 0.6) is 11.5 Å². The van der Waals surface area contributed by atoms with Gasteiger partial charge in [0, 0.05) is 11.8 Å². The van der Waals surface area contributed by atoms with Crippen LogP contribution >= 0.6 is 0 Å². The molecule has 1 heterocycles. The SMILES string of the molecule is COc1ccc(NC(=O)C(=O)Nn2cnnc2)cc1OC. The van der Waals surface area contributed by atoms with Crippen molar-refractivity contribution in [3.8, 4) is 11.5 Å². The highest BCUT2D eigenvalue weighted by Gasteiger charge is 2.15. The first-order chi connectivity index (χ1) is 10.1. The Hall–Kier alpha value is -3.10. The van der Waals surface area contributed by atoms with E-state index in [2.05, 4.69) is 20.9 Å². The first kappa shape index (κ1) is 14.3. The number of amides is 2. The number of hydrogen-bond acceptors (Lipinski definition) is 6. The highest BCUT2D eigenvalue weighted by Crippen LogP contribution is 2.29. The molecular weight excluding hydrogens is 278 g/mol. The van der Waals surface area contributed by atoms with Gasteiger partial charge in [-0.1, -0.05) is 0 Å². The fraction of sp³-hybridized carbons (Fsp3) is 0.167. The number of aromatic nitrogens is 3. The molecule has 0 atom stereocenters. The first-order valence-corrected chi connectivity index (χ1v) is 5.83. The molecule has 21 heavy (non-hydrogen) atoms. The van der Waals surface area contributed by atoms with Gasteiger partial charge in [-0.25, -0.2) is 4.68 Å². The quantitative estimate of drug-likeness (QED) is 0.768. The number of benzene rings is 1. The lowest BCUT2D eigenvalue weighted by atomic mass is 10.2. The Kier molecular flexibility index (Phi) is 4.34. The molecule has 1 aromatic heterocycles. The molecule has 0 aliphatic carbocycles. The van der Waals surface area contributed by atoms with E-state index >= 15 is 0 Å². The lowest BCUT2D eigenvalue weighted by Gasteiger charge is -2.10. The number of carbonyl (C=O) groups excluding carboxylic acids is 2. The molecular formula is C12H13N5O4. The van der Waals surface area contributed by atoms with Gasteiger partial charge >= 0.3 is 11.8 Å². The standard InChI is InChI=1S/C12H13N5O4/c1-20-9-4-3-8(5-10(9)21-2)15-11(18)12(19)16-17-6-13-14-7-17/h3-7H,1-2H3,(H,15,18)(H,16,19). The van der Waals surface area contributed by atoms with E-state index in [0.717, 1.165) is 4.68 Å². The van der Waals surface area contributed by atoms with Crippen LogP contribution in [0.4, 0.5) is 5.69 Å². The Balaban J connectivity index is 2.03. The van der Waals surface area contributed by atoms with E-state index in [0.29, 0.717) is 17.2 Å². The second-order valence-electron chi connectivity index (χ2n) is 3.83. The third-order valence-corrected chi connectivity index (χ3v) is 2.50. The van der Waals surface area contributed by atoms with Crippen LogP contribution in [0.3, 0.4) is 0 Å². The van der Waals surface area contributed by atoms with Crippen LogP contribution in [-0.2, 0) is 9.59 Å². The minimum absolute atomic E-state index is 0.400. The molecule has 0 unspecified atom stereocenters. The highest BCUT2D eigenvalue weighted by molar-refractivity contribution is 6.42. The third kappa shape index (κ3) is 3.47. The molecule has 110 valence electrons. The largest absolute Gasteiger partial charge is 0.493 e. The van der Waals surface area contributed by atoms with Gasteiger partial charge in [-0.2, -0.15) is 0 Å². The zero-order valence-corrected chi connectivity index (χ0v) is 11.4. The number of nitrogens with zero attached hydrogens (tertiary/aromatic N) is 3. The molecule has 0 aliphatic rings. The zero-order chi connectivity index (χ0) is 15.2. The molecule has 0 aliphatic heterocycles. The highest BCUT2D eigenvalue weighted by atomic mass is 16.5. The summed E-state index contributed by atoms with van der Waals surface area (Å²) in [5, 5.41) is 9.43. The fourth-order valence-electron chi connectivity index (χ4n) is 1.53. The number of nitrogens with one attached hydrogen (secondary N) is 2. The Morgan fingerprint density at radius 1 is 1.05 bits per heavy atom. The van der Waals surface area contributed by atoms with Gasteiger partial charge in [-0.15, -0.1) is 10.2 Å². The van der Waals surface area contributed by atoms with E-state index in [4.69, 9.17) is 9.47 Å². The van der Waals surface area contributed by atoms with Gasteiger partial charge in [0.2, 0.25) is 0 Å². The molecule has 0 saturated carbocycles. The molecule has 0 spiro atoms. The summed E-state index contributed by atoms with van der Waals surface area (Å²) >= 11 is 0. The maximum Gasteiger partial charge on any atom is 0.328 e. The van der Waals surface area contributed by atoms with Gasteiger partial charge in [-0.3, -0.25) is 15.0 Å². The summed E-state index contributed by atoms with van der Waals surface area (Å²) in [4.78, 5) is 23.4. The maximum absolute atomic E-state index is 11.7. The molecule has 1 aromatic carbocycles. The van der Waals surface area contributed by atoms with Crippen LogP contribution in [0.1, 0.15) is 0 Å². The number of methoxy groups -OCH3 is 2. The maximum atomic E-state index is 11.7. The molecule has 0 saturated heterocycles. The molecule has 0 bridgehead atoms. The average molecular weight is 291 g/mol. The molecule has 2 aromatic rings. The summed E-state index contributed by atoms with van der Waals surface area (Å²) in [5.74, 6) is -0.737. The molecule has 9 heteroatoms. The van der Waals surface area contributed by atoms with Crippen molar-refractivity contribution in [1.82, 2.24) is 14.9 Å². The van der Waals surface area contributed by atoms with Crippen LogP contribution in [0.15, 0.2) is 30.9 Å². The van der Waals surface area contributed by atoms with Gasteiger partial charge in [0.15, 0.2) is 11.5 Å². The molecule has 9 nitrogen and oxygen atoms in total. The second-order valence-corrected chi connectivity index (χ2v) is 3.83.